The number of carbonyl (C=O) groups is 1. The third-order valence-corrected chi connectivity index (χ3v) is 5.40. The Hall–Kier alpha value is -5.31. The van der Waals surface area contributed by atoms with Gasteiger partial charge in [0, 0.05) is 36.1 Å². The van der Waals surface area contributed by atoms with E-state index in [1.165, 1.54) is 12.4 Å². The lowest BCUT2D eigenvalue weighted by Crippen LogP contribution is -2.18. The number of fused-ring (bicyclic) bond motifs is 1. The maximum atomic E-state index is 13.2. The van der Waals surface area contributed by atoms with Gasteiger partial charge in [-0.3, -0.25) is 15.2 Å². The maximum absolute atomic E-state index is 13.2. The van der Waals surface area contributed by atoms with Gasteiger partial charge in [0.25, 0.3) is 11.9 Å². The Morgan fingerprint density at radius 3 is 2.65 bits per heavy atom. The van der Waals surface area contributed by atoms with Crippen LogP contribution in [-0.2, 0) is 16.1 Å². The Labute approximate surface area is 226 Å². The molecule has 1 aliphatic rings. The number of amidine groups is 1. The van der Waals surface area contributed by atoms with Crippen LogP contribution >= 0.6 is 0 Å². The van der Waals surface area contributed by atoms with Gasteiger partial charge in [0.05, 0.1) is 6.61 Å². The predicted octanol–water partition coefficient (Wildman–Crippen LogP) is 2.10. The van der Waals surface area contributed by atoms with E-state index in [4.69, 9.17) is 35.3 Å². The molecule has 208 valence electrons. The number of halogens is 1. The van der Waals surface area contributed by atoms with Gasteiger partial charge in [-0.05, 0) is 48.0 Å². The average molecular weight is 553 g/mol. The SMILES string of the molecule is CC(=O)O.N=C(N)c1ccc(NC(c2cc3c(c(OCF)c2)OCOC3)c2nn(-c3ncccn3)c(=O)[nH]2)cc1. The van der Waals surface area contributed by atoms with Crippen LogP contribution in [0, 0.1) is 5.41 Å². The number of hydrogen-bond donors (Lipinski definition) is 5. The smallest absolute Gasteiger partial charge is 0.350 e. The normalized spacial score (nSPS) is 12.7. The van der Waals surface area contributed by atoms with Crippen molar-refractivity contribution in [2.75, 3.05) is 19.0 Å². The summed E-state index contributed by atoms with van der Waals surface area (Å²) in [5.74, 6) is 0.0333. The number of benzene rings is 2. The van der Waals surface area contributed by atoms with Gasteiger partial charge in [-0.15, -0.1) is 9.78 Å². The molecule has 0 fully saturated rings. The Morgan fingerprint density at radius 2 is 2.00 bits per heavy atom. The Morgan fingerprint density at radius 1 is 1.30 bits per heavy atom. The molecular weight excluding hydrogens is 527 g/mol. The number of carboxylic acid groups (broad SMARTS) is 1. The van der Waals surface area contributed by atoms with Gasteiger partial charge in [-0.25, -0.2) is 19.2 Å². The number of nitrogens with one attached hydrogen (secondary N) is 3. The van der Waals surface area contributed by atoms with Crippen LogP contribution in [0.15, 0.2) is 59.7 Å². The van der Waals surface area contributed by atoms with Crippen molar-refractivity contribution in [3.63, 3.8) is 0 Å². The molecule has 0 amide bonds. The summed E-state index contributed by atoms with van der Waals surface area (Å²) in [6.45, 7) is 0.282. The van der Waals surface area contributed by atoms with E-state index >= 15 is 0 Å². The lowest BCUT2D eigenvalue weighted by molar-refractivity contribution is -0.134. The van der Waals surface area contributed by atoms with Crippen LogP contribution in [0.25, 0.3) is 5.95 Å². The zero-order valence-corrected chi connectivity index (χ0v) is 21.1. The lowest BCUT2D eigenvalue weighted by atomic mass is 10.0. The van der Waals surface area contributed by atoms with E-state index in [1.807, 2.05) is 0 Å². The first-order valence-corrected chi connectivity index (χ1v) is 11.7. The monoisotopic (exact) mass is 552 g/mol. The van der Waals surface area contributed by atoms with Crippen molar-refractivity contribution < 1.29 is 28.5 Å². The molecule has 40 heavy (non-hydrogen) atoms. The third kappa shape index (κ3) is 6.57. The molecule has 6 N–H and O–H groups in total. The van der Waals surface area contributed by atoms with Crippen LogP contribution in [0.5, 0.6) is 11.5 Å². The zero-order chi connectivity index (χ0) is 28.6. The molecule has 0 aliphatic carbocycles. The Bertz CT molecular complexity index is 1540. The summed E-state index contributed by atoms with van der Waals surface area (Å²) in [6.07, 6.45) is 3.00. The van der Waals surface area contributed by atoms with Crippen molar-refractivity contribution >= 4 is 17.5 Å². The third-order valence-electron chi connectivity index (χ3n) is 5.40. The Balaban J connectivity index is 0.000000867. The van der Waals surface area contributed by atoms with Gasteiger partial charge < -0.3 is 30.4 Å². The lowest BCUT2D eigenvalue weighted by Gasteiger charge is -2.24. The number of rotatable bonds is 8. The number of alkyl halides is 1. The number of nitrogens with two attached hydrogens (primary N) is 1. The van der Waals surface area contributed by atoms with E-state index in [1.54, 1.807) is 42.5 Å². The first kappa shape index (κ1) is 27.7. The molecule has 0 radical (unpaired) electrons. The second-order valence-electron chi connectivity index (χ2n) is 8.23. The number of ether oxygens (including phenoxy) is 3. The quantitative estimate of drug-likeness (QED) is 0.158. The number of nitrogens with zero attached hydrogens (tertiary/aromatic N) is 4. The molecule has 15 heteroatoms. The minimum atomic E-state index is -1.05. The number of aliphatic carboxylic acids is 1. The first-order chi connectivity index (χ1) is 19.3. The molecule has 3 heterocycles. The molecule has 0 bridgehead atoms. The summed E-state index contributed by atoms with van der Waals surface area (Å²) in [5.41, 5.74) is 7.46. The highest BCUT2D eigenvalue weighted by Crippen LogP contribution is 2.39. The van der Waals surface area contributed by atoms with E-state index in [2.05, 4.69) is 25.4 Å². The fourth-order valence-corrected chi connectivity index (χ4v) is 3.77. The van der Waals surface area contributed by atoms with Gasteiger partial charge in [0.2, 0.25) is 6.86 Å². The second-order valence-corrected chi connectivity index (χ2v) is 8.23. The topological polar surface area (TPSA) is 203 Å². The molecule has 1 unspecified atom stereocenters. The standard InChI is InChI=1S/C23H21FN8O4.C2H4O2/c24-11-35-17-9-14(8-15-10-34-12-36-19(15)17)18(29-16-4-2-13(3-5-16)20(25)26)21-30-23(33)32(31-21)22-27-6-1-7-28-22;1-2(3)4/h1-9,18,29H,10-12H2,(H3,25,26)(H,30,31,33);1H3,(H,3,4). The Kier molecular flexibility index (Phi) is 8.65. The number of anilines is 1. The number of hydrogen-bond acceptors (Lipinski definition) is 10. The molecule has 2 aromatic heterocycles. The minimum absolute atomic E-state index is 0.0218. The average Bonchev–Trinajstić information content (AvgIpc) is 3.33. The van der Waals surface area contributed by atoms with Crippen LogP contribution in [0.1, 0.15) is 35.5 Å². The molecule has 0 spiro atoms. The van der Waals surface area contributed by atoms with Crippen LogP contribution in [0.3, 0.4) is 0 Å². The number of H-pyrrole nitrogens is 1. The molecule has 2 aromatic carbocycles. The van der Waals surface area contributed by atoms with E-state index in [9.17, 15) is 9.18 Å². The van der Waals surface area contributed by atoms with Crippen molar-refractivity contribution in [1.29, 1.82) is 5.41 Å². The molecule has 1 aliphatic heterocycles. The molecule has 1 atom stereocenters. The van der Waals surface area contributed by atoms with Gasteiger partial charge in [-0.2, -0.15) is 0 Å². The zero-order valence-electron chi connectivity index (χ0n) is 21.1. The second kappa shape index (κ2) is 12.5. The summed E-state index contributed by atoms with van der Waals surface area (Å²) in [5, 5.41) is 22.8. The molecule has 0 saturated heterocycles. The van der Waals surface area contributed by atoms with E-state index < -0.39 is 24.6 Å². The van der Waals surface area contributed by atoms with Crippen molar-refractivity contribution in [3.8, 4) is 17.4 Å². The van der Waals surface area contributed by atoms with Crippen molar-refractivity contribution in [2.24, 2.45) is 5.73 Å². The van der Waals surface area contributed by atoms with Crippen molar-refractivity contribution in [3.05, 3.63) is 87.9 Å². The molecule has 4 aromatic rings. The predicted molar refractivity (Wildman–Crippen MR) is 139 cm³/mol. The highest BCUT2D eigenvalue weighted by atomic mass is 19.1. The number of aromatic amines is 1. The molecule has 5 rings (SSSR count). The van der Waals surface area contributed by atoms with Crippen LogP contribution < -0.4 is 26.2 Å². The molecule has 14 nitrogen and oxygen atoms in total. The first-order valence-electron chi connectivity index (χ1n) is 11.7. The van der Waals surface area contributed by atoms with E-state index in [0.29, 0.717) is 28.1 Å². The minimum Gasteiger partial charge on any atom is -0.481 e. The summed E-state index contributed by atoms with van der Waals surface area (Å²) < 4.78 is 30.3. The fourth-order valence-electron chi connectivity index (χ4n) is 3.77. The molecule has 0 saturated carbocycles. The van der Waals surface area contributed by atoms with Gasteiger partial charge in [0.15, 0.2) is 24.1 Å². The summed E-state index contributed by atoms with van der Waals surface area (Å²) in [4.78, 5) is 32.6. The summed E-state index contributed by atoms with van der Waals surface area (Å²) in [6, 6.07) is 11.2. The van der Waals surface area contributed by atoms with E-state index in [-0.39, 0.29) is 36.8 Å². The van der Waals surface area contributed by atoms with Crippen molar-refractivity contribution in [2.45, 2.75) is 19.6 Å². The van der Waals surface area contributed by atoms with Crippen molar-refractivity contribution in [1.82, 2.24) is 24.7 Å². The maximum Gasteiger partial charge on any atom is 0.350 e. The van der Waals surface area contributed by atoms with Crippen LogP contribution in [0.2, 0.25) is 0 Å². The van der Waals surface area contributed by atoms with Gasteiger partial charge in [0.1, 0.15) is 11.9 Å². The number of aromatic nitrogens is 5. The summed E-state index contributed by atoms with van der Waals surface area (Å²) >= 11 is 0. The summed E-state index contributed by atoms with van der Waals surface area (Å²) in [7, 11) is 0. The van der Waals surface area contributed by atoms with Crippen LogP contribution in [0.4, 0.5) is 10.1 Å². The number of nitrogen functional groups attached to an aromatic ring is 1. The highest BCUT2D eigenvalue weighted by molar-refractivity contribution is 5.95. The highest BCUT2D eigenvalue weighted by Gasteiger charge is 2.26. The van der Waals surface area contributed by atoms with Crippen LogP contribution in [-0.4, -0.2) is 55.3 Å². The molecular formula is C25H25FN8O6. The fraction of sp³-hybridized carbons (Fsp3) is 0.200. The van der Waals surface area contributed by atoms with Gasteiger partial charge in [-0.1, -0.05) is 0 Å². The largest absolute Gasteiger partial charge is 0.481 e. The van der Waals surface area contributed by atoms with Gasteiger partial charge >= 0.3 is 5.69 Å². The van der Waals surface area contributed by atoms with E-state index in [0.717, 1.165) is 11.6 Å². The number of carboxylic acids is 1.